The van der Waals surface area contributed by atoms with Gasteiger partial charge in [-0.25, -0.2) is 13.1 Å². The first-order valence-corrected chi connectivity index (χ1v) is 6.39. The van der Waals surface area contributed by atoms with E-state index in [1.807, 2.05) is 0 Å². The van der Waals surface area contributed by atoms with Gasteiger partial charge in [0.05, 0.1) is 0 Å². The first-order valence-electron chi connectivity index (χ1n) is 4.11. The van der Waals surface area contributed by atoms with Gasteiger partial charge in [0, 0.05) is 6.07 Å². The molecule has 1 rings (SSSR count). The molecule has 98 valence electrons. The van der Waals surface area contributed by atoms with Gasteiger partial charge in [0.25, 0.3) is 0 Å². The maximum atomic E-state index is 11.9. The van der Waals surface area contributed by atoms with E-state index in [0.29, 0.717) is 0 Å². The minimum atomic E-state index is -4.65. The summed E-state index contributed by atoms with van der Waals surface area (Å²) in [6, 6.07) is 0.933. The lowest BCUT2D eigenvalue weighted by molar-refractivity contribution is -0.121. The number of sulfonamides is 1. The third-order valence-corrected chi connectivity index (χ3v) is 3.87. The van der Waals surface area contributed by atoms with Crippen molar-refractivity contribution in [2.24, 2.45) is 0 Å². The van der Waals surface area contributed by atoms with Crippen molar-refractivity contribution in [1.82, 2.24) is 4.72 Å². The van der Waals surface area contributed by atoms with Gasteiger partial charge in [0.2, 0.25) is 10.0 Å². The fraction of sp³-hybridized carbons (Fsp3) is 0.429. The molecular formula is C7H7BrF3NO4S. The second kappa shape index (κ2) is 4.96. The summed E-state index contributed by atoms with van der Waals surface area (Å²) >= 11 is 2.74. The summed E-state index contributed by atoms with van der Waals surface area (Å²) in [6.45, 7) is -2.24. The van der Waals surface area contributed by atoms with Crippen LogP contribution in [0.25, 0.3) is 0 Å². The van der Waals surface area contributed by atoms with Crippen LogP contribution in [0.5, 0.6) is 0 Å². The summed E-state index contributed by atoms with van der Waals surface area (Å²) in [5.41, 5.74) is 0. The smallest absolute Gasteiger partial charge is 0.402 e. The van der Waals surface area contributed by atoms with Crippen molar-refractivity contribution in [3.05, 3.63) is 16.5 Å². The van der Waals surface area contributed by atoms with E-state index in [4.69, 9.17) is 9.52 Å². The van der Waals surface area contributed by atoms with E-state index in [0.717, 1.165) is 6.07 Å². The van der Waals surface area contributed by atoms with Crippen molar-refractivity contribution >= 4 is 26.0 Å². The summed E-state index contributed by atoms with van der Waals surface area (Å²) in [6.07, 6.45) is -4.65. The highest BCUT2D eigenvalue weighted by Gasteiger charge is 2.31. The zero-order valence-corrected chi connectivity index (χ0v) is 10.5. The third kappa shape index (κ3) is 3.98. The number of aliphatic hydroxyl groups excluding tert-OH is 1. The van der Waals surface area contributed by atoms with Gasteiger partial charge in [-0.05, 0) is 15.9 Å². The fourth-order valence-electron chi connectivity index (χ4n) is 0.914. The summed E-state index contributed by atoms with van der Waals surface area (Å²) in [4.78, 5) is -0.495. The van der Waals surface area contributed by atoms with Gasteiger partial charge in [-0.2, -0.15) is 13.2 Å². The van der Waals surface area contributed by atoms with Crippen molar-refractivity contribution in [2.45, 2.75) is 17.7 Å². The van der Waals surface area contributed by atoms with E-state index in [2.05, 4.69) is 15.9 Å². The Labute approximate surface area is 103 Å². The number of rotatable bonds is 4. The van der Waals surface area contributed by atoms with Crippen LogP contribution in [-0.2, 0) is 16.6 Å². The topological polar surface area (TPSA) is 79.5 Å². The molecule has 1 heterocycles. The number of aliphatic hydroxyl groups is 1. The number of furan rings is 1. The second-order valence-corrected chi connectivity index (χ2v) is 5.40. The minimum Gasteiger partial charge on any atom is -0.450 e. The molecule has 0 unspecified atom stereocenters. The zero-order valence-electron chi connectivity index (χ0n) is 8.08. The molecule has 0 aliphatic carbocycles. The van der Waals surface area contributed by atoms with Crippen molar-refractivity contribution < 1.29 is 31.1 Å². The van der Waals surface area contributed by atoms with Crippen molar-refractivity contribution in [3.63, 3.8) is 0 Å². The predicted molar refractivity (Wildman–Crippen MR) is 53.6 cm³/mol. The maximum absolute atomic E-state index is 11.9. The normalized spacial score (nSPS) is 13.0. The SMILES string of the molecule is O=S(=O)(NCC(F)(F)F)c1cc(CO)oc1Br. The predicted octanol–water partition coefficient (Wildman–Crippen LogP) is 1.38. The lowest BCUT2D eigenvalue weighted by Gasteiger charge is -2.07. The van der Waals surface area contributed by atoms with Gasteiger partial charge in [-0.3, -0.25) is 0 Å². The summed E-state index contributed by atoms with van der Waals surface area (Å²) in [7, 11) is -4.34. The zero-order chi connectivity index (χ0) is 13.3. The number of halogens is 4. The van der Waals surface area contributed by atoms with Crippen molar-refractivity contribution in [3.8, 4) is 0 Å². The van der Waals surface area contributed by atoms with Gasteiger partial charge in [-0.15, -0.1) is 0 Å². The molecule has 0 radical (unpaired) electrons. The van der Waals surface area contributed by atoms with E-state index >= 15 is 0 Å². The van der Waals surface area contributed by atoms with Crippen molar-refractivity contribution in [2.75, 3.05) is 6.54 Å². The van der Waals surface area contributed by atoms with E-state index < -0.39 is 34.2 Å². The molecule has 10 heteroatoms. The Morgan fingerprint density at radius 3 is 2.47 bits per heavy atom. The quantitative estimate of drug-likeness (QED) is 0.869. The molecule has 0 spiro atoms. The molecular weight excluding hydrogens is 331 g/mol. The van der Waals surface area contributed by atoms with E-state index in [1.54, 1.807) is 0 Å². The van der Waals surface area contributed by atoms with E-state index in [1.165, 1.54) is 4.72 Å². The monoisotopic (exact) mass is 337 g/mol. The number of hydrogen-bond donors (Lipinski definition) is 2. The van der Waals surface area contributed by atoms with Gasteiger partial charge in [-0.1, -0.05) is 0 Å². The Morgan fingerprint density at radius 2 is 2.06 bits per heavy atom. The molecule has 0 aliphatic heterocycles. The van der Waals surface area contributed by atoms with Crippen LogP contribution in [-0.4, -0.2) is 26.2 Å². The van der Waals surface area contributed by atoms with Gasteiger partial charge in [0.1, 0.15) is 23.8 Å². The number of hydrogen-bond acceptors (Lipinski definition) is 4. The lowest BCUT2D eigenvalue weighted by atomic mass is 10.5. The second-order valence-electron chi connectivity index (χ2n) is 2.95. The van der Waals surface area contributed by atoms with E-state index in [-0.39, 0.29) is 10.4 Å². The van der Waals surface area contributed by atoms with Crippen LogP contribution in [0.4, 0.5) is 13.2 Å². The summed E-state index contributed by atoms with van der Waals surface area (Å²) < 4.78 is 64.4. The first-order chi connectivity index (χ1) is 7.65. The Hall–Kier alpha value is -0.580. The van der Waals surface area contributed by atoms with Crippen molar-refractivity contribution in [1.29, 1.82) is 0 Å². The Morgan fingerprint density at radius 1 is 1.47 bits per heavy atom. The molecule has 0 fully saturated rings. The van der Waals surface area contributed by atoms with Crippen LogP contribution in [0, 0.1) is 0 Å². The average molecular weight is 338 g/mol. The molecule has 2 N–H and O–H groups in total. The highest BCUT2D eigenvalue weighted by molar-refractivity contribution is 9.10. The Balaban J connectivity index is 2.93. The number of nitrogens with one attached hydrogen (secondary N) is 1. The molecule has 17 heavy (non-hydrogen) atoms. The van der Waals surface area contributed by atoms with Crippen LogP contribution < -0.4 is 4.72 Å². The molecule has 1 aromatic heterocycles. The molecule has 0 atom stereocenters. The molecule has 0 aromatic carbocycles. The van der Waals surface area contributed by atoms with Gasteiger partial charge in [0.15, 0.2) is 4.67 Å². The average Bonchev–Trinajstić information content (AvgIpc) is 2.57. The molecule has 0 amide bonds. The molecule has 0 bridgehead atoms. The fourth-order valence-corrected chi connectivity index (χ4v) is 2.92. The van der Waals surface area contributed by atoms with Crippen LogP contribution in [0.3, 0.4) is 0 Å². The summed E-state index contributed by atoms with van der Waals surface area (Å²) in [5.74, 6) is -0.0794. The van der Waals surface area contributed by atoms with Crippen LogP contribution in [0.1, 0.15) is 5.76 Å². The maximum Gasteiger partial charge on any atom is 0.402 e. The molecule has 5 nitrogen and oxygen atoms in total. The van der Waals surface area contributed by atoms with Crippen LogP contribution in [0.15, 0.2) is 20.0 Å². The van der Waals surface area contributed by atoms with Gasteiger partial charge < -0.3 is 9.52 Å². The Bertz CT molecular complexity index is 496. The molecule has 0 aliphatic rings. The highest BCUT2D eigenvalue weighted by atomic mass is 79.9. The van der Waals surface area contributed by atoms with Gasteiger partial charge >= 0.3 is 6.18 Å². The Kier molecular flexibility index (Phi) is 4.23. The molecule has 0 saturated carbocycles. The number of alkyl halides is 3. The summed E-state index contributed by atoms with van der Waals surface area (Å²) in [5, 5.41) is 8.69. The minimum absolute atomic E-state index is 0.0794. The van der Waals surface area contributed by atoms with Crippen LogP contribution in [0.2, 0.25) is 0 Å². The van der Waals surface area contributed by atoms with Crippen LogP contribution >= 0.6 is 15.9 Å². The first kappa shape index (κ1) is 14.5. The largest absolute Gasteiger partial charge is 0.450 e. The molecule has 0 saturated heterocycles. The molecule has 1 aromatic rings. The highest BCUT2D eigenvalue weighted by Crippen LogP contribution is 2.26. The lowest BCUT2D eigenvalue weighted by Crippen LogP contribution is -2.33. The third-order valence-electron chi connectivity index (χ3n) is 1.61. The standard InChI is InChI=1S/C7H7BrF3NO4S/c8-6-5(1-4(2-13)16-6)17(14,15)12-3-7(9,10)11/h1,12-13H,2-3H2. The van der Waals surface area contributed by atoms with E-state index in [9.17, 15) is 21.6 Å².